The van der Waals surface area contributed by atoms with Gasteiger partial charge in [-0.1, -0.05) is 17.7 Å². The van der Waals surface area contributed by atoms with E-state index in [2.05, 4.69) is 4.99 Å². The summed E-state index contributed by atoms with van der Waals surface area (Å²) in [7, 11) is 0. The molecule has 0 saturated heterocycles. The third kappa shape index (κ3) is 5.87. The fourth-order valence-electron chi connectivity index (χ4n) is 8.47. The number of fused-ring (bicyclic) bond motifs is 5. The lowest BCUT2D eigenvalue weighted by atomic mass is 9.70. The van der Waals surface area contributed by atoms with E-state index in [4.69, 9.17) is 18.9 Å². The Morgan fingerprint density at radius 1 is 1.18 bits per heavy atom. The number of carbonyl (C=O) groups excluding carboxylic acids is 3. The van der Waals surface area contributed by atoms with Crippen molar-refractivity contribution in [1.29, 1.82) is 0 Å². The Bertz CT molecular complexity index is 1980. The maximum absolute atomic E-state index is 13.9. The monoisotopic (exact) mass is 701 g/mol. The molecule has 3 aliphatic heterocycles. The first-order valence-corrected chi connectivity index (χ1v) is 17.7. The maximum atomic E-state index is 13.9. The van der Waals surface area contributed by atoms with Crippen LogP contribution in [0.1, 0.15) is 86.5 Å². The first-order chi connectivity index (χ1) is 24.7. The quantitative estimate of drug-likeness (QED) is 0.162. The summed E-state index contributed by atoms with van der Waals surface area (Å²) in [6.45, 7) is 2.79. The van der Waals surface area contributed by atoms with Gasteiger partial charge in [-0.25, -0.2) is 4.79 Å². The number of ketones is 1. The molecule has 2 aliphatic carbocycles. The minimum atomic E-state index is -1.20. The predicted octanol–water partition coefficient (Wildman–Crippen LogP) is 2.05. The molecule has 270 valence electrons. The number of aliphatic hydroxyl groups is 4. The molecule has 0 unspecified atom stereocenters. The molecular formula is C39H43NO11. The lowest BCUT2D eigenvalue weighted by Crippen LogP contribution is -2.47. The summed E-state index contributed by atoms with van der Waals surface area (Å²) in [6.07, 6.45) is 4.20. The molecule has 5 aliphatic rings. The van der Waals surface area contributed by atoms with Crippen molar-refractivity contribution in [3.05, 3.63) is 67.9 Å². The van der Waals surface area contributed by atoms with Crippen LogP contribution >= 0.6 is 0 Å². The smallest absolute Gasteiger partial charge is 0.375 e. The van der Waals surface area contributed by atoms with Crippen LogP contribution in [0.5, 0.6) is 17.2 Å². The molecule has 12 heteroatoms. The summed E-state index contributed by atoms with van der Waals surface area (Å²) in [4.78, 5) is 45.1. The summed E-state index contributed by atoms with van der Waals surface area (Å²) in [5.41, 5.74) is 1.47. The van der Waals surface area contributed by atoms with Crippen LogP contribution in [0.3, 0.4) is 0 Å². The number of rotatable bonds is 10. The number of carbonyl (C=O) groups is 3. The minimum absolute atomic E-state index is 0.00446. The summed E-state index contributed by atoms with van der Waals surface area (Å²) in [5, 5.41) is 44.4. The third-order valence-corrected chi connectivity index (χ3v) is 10.8. The van der Waals surface area contributed by atoms with E-state index in [9.17, 15) is 34.8 Å². The van der Waals surface area contributed by atoms with E-state index >= 15 is 0 Å². The number of Topliss-reactive ketones (excluding diaryl/α,β-unsaturated/α-hetero) is 1. The van der Waals surface area contributed by atoms with Gasteiger partial charge in [0.05, 0.1) is 60.6 Å². The van der Waals surface area contributed by atoms with Crippen LogP contribution < -0.4 is 24.8 Å². The normalized spacial score (nSPS) is 27.6. The molecule has 2 aromatic rings. The Hall–Kier alpha value is -4.36. The number of ether oxygens (including phenoxy) is 4. The van der Waals surface area contributed by atoms with Gasteiger partial charge >= 0.3 is 5.97 Å². The molecule has 0 bridgehead atoms. The van der Waals surface area contributed by atoms with Crippen molar-refractivity contribution in [2.24, 2.45) is 10.9 Å². The summed E-state index contributed by atoms with van der Waals surface area (Å²) < 4.78 is 24.6. The predicted molar refractivity (Wildman–Crippen MR) is 183 cm³/mol. The maximum Gasteiger partial charge on any atom is 0.375 e. The van der Waals surface area contributed by atoms with E-state index in [1.165, 1.54) is 0 Å². The molecule has 0 spiro atoms. The van der Waals surface area contributed by atoms with Crippen molar-refractivity contribution < 1.29 is 53.8 Å². The van der Waals surface area contributed by atoms with Gasteiger partial charge in [-0.05, 0) is 68.9 Å². The second-order valence-corrected chi connectivity index (χ2v) is 14.0. The van der Waals surface area contributed by atoms with Gasteiger partial charge < -0.3 is 39.4 Å². The van der Waals surface area contributed by atoms with E-state index in [1.54, 1.807) is 13.8 Å². The van der Waals surface area contributed by atoms with Crippen LogP contribution in [-0.4, -0.2) is 83.1 Å². The Morgan fingerprint density at radius 2 is 2.00 bits per heavy atom. The van der Waals surface area contributed by atoms with Gasteiger partial charge in [-0.2, -0.15) is 0 Å². The second kappa shape index (κ2) is 14.0. The van der Waals surface area contributed by atoms with E-state index in [1.807, 2.05) is 24.3 Å². The summed E-state index contributed by atoms with van der Waals surface area (Å²) in [6, 6.07) is 5.66. The van der Waals surface area contributed by atoms with Gasteiger partial charge in [0.25, 0.3) is 0 Å². The molecule has 0 aromatic heterocycles. The highest BCUT2D eigenvalue weighted by Crippen LogP contribution is 2.61. The number of hydrogen-bond acceptors (Lipinski definition) is 12. The van der Waals surface area contributed by atoms with E-state index in [0.29, 0.717) is 60.1 Å². The second-order valence-electron chi connectivity index (χ2n) is 14.0. The number of nitrogens with zero attached hydrogens (tertiary/aromatic N) is 1. The molecule has 7 rings (SSSR count). The van der Waals surface area contributed by atoms with Crippen LogP contribution in [0, 0.1) is 5.92 Å². The fraction of sp³-hybridized carbons (Fsp3) is 0.487. The summed E-state index contributed by atoms with van der Waals surface area (Å²) >= 11 is 0. The van der Waals surface area contributed by atoms with Crippen molar-refractivity contribution in [3.8, 4) is 17.2 Å². The number of aldehydes is 1. The molecule has 2 aromatic carbocycles. The first kappa shape index (κ1) is 35.1. The number of esters is 1. The number of aliphatic hydroxyl groups excluding tert-OH is 3. The molecule has 0 radical (unpaired) electrons. The Labute approximate surface area is 294 Å². The van der Waals surface area contributed by atoms with Gasteiger partial charge in [0.2, 0.25) is 5.76 Å². The zero-order chi connectivity index (χ0) is 36.0. The molecular weight excluding hydrogens is 658 g/mol. The lowest BCUT2D eigenvalue weighted by molar-refractivity contribution is -0.141. The van der Waals surface area contributed by atoms with Crippen molar-refractivity contribution >= 4 is 29.7 Å². The van der Waals surface area contributed by atoms with E-state index in [-0.39, 0.29) is 79.2 Å². The highest BCUT2D eigenvalue weighted by molar-refractivity contribution is 6.11. The fourth-order valence-corrected chi connectivity index (χ4v) is 8.47. The molecule has 5 atom stereocenters. The van der Waals surface area contributed by atoms with Gasteiger partial charge in [0.15, 0.2) is 6.29 Å². The zero-order valence-corrected chi connectivity index (χ0v) is 28.8. The van der Waals surface area contributed by atoms with Gasteiger partial charge in [-0.3, -0.25) is 14.6 Å². The molecule has 12 nitrogen and oxygen atoms in total. The van der Waals surface area contributed by atoms with Crippen LogP contribution in [0.4, 0.5) is 0 Å². The topological polar surface area (TPSA) is 181 Å². The highest BCUT2D eigenvalue weighted by Gasteiger charge is 2.53. The van der Waals surface area contributed by atoms with Crippen molar-refractivity contribution in [3.63, 3.8) is 0 Å². The molecule has 0 amide bonds. The highest BCUT2D eigenvalue weighted by atomic mass is 16.6. The largest absolute Gasteiger partial charge is 0.492 e. The minimum Gasteiger partial charge on any atom is -0.492 e. The van der Waals surface area contributed by atoms with Gasteiger partial charge in [0.1, 0.15) is 29.1 Å². The molecule has 2 fully saturated rings. The van der Waals surface area contributed by atoms with Crippen LogP contribution in [0.25, 0.3) is 11.6 Å². The van der Waals surface area contributed by atoms with Crippen molar-refractivity contribution in [2.75, 3.05) is 33.0 Å². The van der Waals surface area contributed by atoms with E-state index in [0.717, 1.165) is 16.1 Å². The van der Waals surface area contributed by atoms with E-state index < -0.39 is 42.7 Å². The number of benzene rings is 2. The average molecular weight is 702 g/mol. The third-order valence-electron chi connectivity index (χ3n) is 10.8. The van der Waals surface area contributed by atoms with Crippen molar-refractivity contribution in [1.82, 2.24) is 0 Å². The number of allylic oxidation sites excluding steroid dienone is 3. The van der Waals surface area contributed by atoms with Crippen LogP contribution in [0.15, 0.2) is 40.1 Å². The Morgan fingerprint density at radius 3 is 2.73 bits per heavy atom. The molecule has 3 heterocycles. The number of hydrogen-bond donors (Lipinski definition) is 4. The van der Waals surface area contributed by atoms with Crippen LogP contribution in [0.2, 0.25) is 0 Å². The zero-order valence-electron chi connectivity index (χ0n) is 28.8. The molecule has 51 heavy (non-hydrogen) atoms. The average Bonchev–Trinajstić information content (AvgIpc) is 3.76. The lowest BCUT2D eigenvalue weighted by Gasteiger charge is -2.38. The Balaban J connectivity index is 1.52. The SMILES string of the molecule is CCOC(=O)C1=C(C=O)/C(=C2/C[C@@H](CO)C(=O)[C@H](c3ccc4c(c3)=CCN=4)C2)c2c(c(CO)c3c(c2OCCCO)[C@H]2CCC[C@@](C)(O)[C@H]2O3)O1. The van der Waals surface area contributed by atoms with Crippen molar-refractivity contribution in [2.45, 2.75) is 82.5 Å². The molecule has 2 saturated carbocycles. The Kier molecular flexibility index (Phi) is 9.61. The first-order valence-electron chi connectivity index (χ1n) is 17.7. The van der Waals surface area contributed by atoms with Gasteiger partial charge in [0, 0.05) is 41.9 Å². The standard InChI is InChI=1S/C39H43NO11/c1-3-48-38(46)35-26(18-43)29(22-15-23(17-42)32(45)25(16-22)20-7-8-28-21(14-20)9-11-40-28)31-34(50-35)27(19-44)33-30(36(31)49-13-5-12-41)24-6-4-10-39(2,47)37(24)51-33/h7-9,14,18,23-25,37,41-42,44,47H,3-6,10-13,15-17,19H2,1-2H3/b29-22+/t23-,24+,25-,37-,39+/m0/s1. The van der Waals surface area contributed by atoms with Gasteiger partial charge in [-0.15, -0.1) is 0 Å². The molecule has 4 N–H and O–H groups in total. The summed E-state index contributed by atoms with van der Waals surface area (Å²) in [5.74, 6) is -2.66. The van der Waals surface area contributed by atoms with Crippen LogP contribution in [-0.2, 0) is 25.7 Å².